The molecule has 3 N–H and O–H groups in total. The van der Waals surface area contributed by atoms with Gasteiger partial charge in [0.2, 0.25) is 5.60 Å². The summed E-state index contributed by atoms with van der Waals surface area (Å²) in [6.45, 7) is 2.79. The van der Waals surface area contributed by atoms with Gasteiger partial charge in [-0.1, -0.05) is 13.8 Å². The second kappa shape index (κ2) is 5.92. The molecular formula is C18H18F4N2O2. The fraction of sp³-hybridized carbons (Fsp3) is 0.389. The molecule has 140 valence electrons. The Balaban J connectivity index is 2.29. The first-order valence-electron chi connectivity index (χ1n) is 7.93. The van der Waals surface area contributed by atoms with Gasteiger partial charge in [0.25, 0.3) is 0 Å². The molecular weight excluding hydrogens is 352 g/mol. The SMILES string of the molecule is CC1(C)COc2c1cc(C(O)(CN)C(F)(F)F)nc2-c1ccc(F)cc1. The van der Waals surface area contributed by atoms with E-state index in [-0.39, 0.29) is 12.3 Å². The zero-order valence-electron chi connectivity index (χ0n) is 14.2. The second-order valence-corrected chi connectivity index (χ2v) is 6.97. The van der Waals surface area contributed by atoms with Gasteiger partial charge in [-0.05, 0) is 30.3 Å². The number of nitrogens with two attached hydrogens (primary N) is 1. The van der Waals surface area contributed by atoms with Crippen LogP contribution in [0.3, 0.4) is 0 Å². The summed E-state index contributed by atoms with van der Waals surface area (Å²) in [5, 5.41) is 10.2. The minimum atomic E-state index is -5.01. The largest absolute Gasteiger partial charge is 0.490 e. The number of benzene rings is 1. The van der Waals surface area contributed by atoms with Crippen LogP contribution in [0.4, 0.5) is 17.6 Å². The van der Waals surface area contributed by atoms with Crippen LogP contribution in [0.1, 0.15) is 25.1 Å². The van der Waals surface area contributed by atoms with Gasteiger partial charge in [-0.15, -0.1) is 0 Å². The average Bonchev–Trinajstić information content (AvgIpc) is 2.88. The third-order valence-corrected chi connectivity index (χ3v) is 4.59. The summed E-state index contributed by atoms with van der Waals surface area (Å²) in [4.78, 5) is 4.02. The minimum absolute atomic E-state index is 0.110. The van der Waals surface area contributed by atoms with E-state index in [9.17, 15) is 22.7 Å². The van der Waals surface area contributed by atoms with Crippen molar-refractivity contribution in [1.29, 1.82) is 0 Å². The maximum absolute atomic E-state index is 13.5. The van der Waals surface area contributed by atoms with E-state index >= 15 is 0 Å². The van der Waals surface area contributed by atoms with Crippen LogP contribution < -0.4 is 10.5 Å². The van der Waals surface area contributed by atoms with Crippen molar-refractivity contribution in [2.24, 2.45) is 5.73 Å². The minimum Gasteiger partial charge on any atom is -0.490 e. The monoisotopic (exact) mass is 370 g/mol. The Morgan fingerprint density at radius 3 is 2.38 bits per heavy atom. The maximum Gasteiger partial charge on any atom is 0.424 e. The Morgan fingerprint density at radius 1 is 1.23 bits per heavy atom. The number of aliphatic hydroxyl groups is 1. The molecule has 0 bridgehead atoms. The lowest BCUT2D eigenvalue weighted by atomic mass is 9.84. The summed E-state index contributed by atoms with van der Waals surface area (Å²) in [7, 11) is 0. The van der Waals surface area contributed by atoms with Crippen molar-refractivity contribution in [2.75, 3.05) is 13.2 Å². The third kappa shape index (κ3) is 2.83. The molecule has 26 heavy (non-hydrogen) atoms. The summed E-state index contributed by atoms with van der Waals surface area (Å²) < 4.78 is 59.3. The Morgan fingerprint density at radius 2 is 1.85 bits per heavy atom. The Kier molecular flexibility index (Phi) is 4.23. The van der Waals surface area contributed by atoms with Gasteiger partial charge in [0.1, 0.15) is 17.3 Å². The number of rotatable bonds is 3. The van der Waals surface area contributed by atoms with E-state index in [1.54, 1.807) is 0 Å². The predicted octanol–water partition coefficient (Wildman–Crippen LogP) is 3.27. The highest BCUT2D eigenvalue weighted by Crippen LogP contribution is 2.47. The van der Waals surface area contributed by atoms with Crippen molar-refractivity contribution in [3.63, 3.8) is 0 Å². The molecule has 4 nitrogen and oxygen atoms in total. The van der Waals surface area contributed by atoms with Crippen molar-refractivity contribution < 1.29 is 27.4 Å². The van der Waals surface area contributed by atoms with E-state index in [1.165, 1.54) is 30.3 Å². The zero-order valence-corrected chi connectivity index (χ0v) is 14.2. The first-order valence-corrected chi connectivity index (χ1v) is 7.93. The van der Waals surface area contributed by atoms with Gasteiger partial charge in [0, 0.05) is 23.1 Å². The van der Waals surface area contributed by atoms with E-state index in [0.717, 1.165) is 0 Å². The predicted molar refractivity (Wildman–Crippen MR) is 87.2 cm³/mol. The summed E-state index contributed by atoms with van der Waals surface area (Å²) in [6, 6.07) is 6.33. The lowest BCUT2D eigenvalue weighted by Crippen LogP contribution is -2.49. The number of nitrogens with zero attached hydrogens (tertiary/aromatic N) is 1. The Bertz CT molecular complexity index is 834. The van der Waals surface area contributed by atoms with E-state index in [0.29, 0.717) is 16.9 Å². The molecule has 1 aliphatic rings. The lowest BCUT2D eigenvalue weighted by Gasteiger charge is -2.30. The molecule has 0 saturated heterocycles. The maximum atomic E-state index is 13.5. The molecule has 1 atom stereocenters. The molecule has 0 fully saturated rings. The second-order valence-electron chi connectivity index (χ2n) is 6.97. The van der Waals surface area contributed by atoms with Crippen LogP contribution in [0.5, 0.6) is 5.75 Å². The van der Waals surface area contributed by atoms with Gasteiger partial charge in [0.05, 0.1) is 12.3 Å². The first kappa shape index (κ1) is 18.6. The van der Waals surface area contributed by atoms with Gasteiger partial charge in [0.15, 0.2) is 0 Å². The molecule has 1 aromatic heterocycles. The topological polar surface area (TPSA) is 68.4 Å². The molecule has 2 heterocycles. The van der Waals surface area contributed by atoms with Gasteiger partial charge >= 0.3 is 6.18 Å². The Hall–Kier alpha value is -2.19. The lowest BCUT2D eigenvalue weighted by molar-refractivity contribution is -0.263. The molecule has 2 aromatic rings. The number of ether oxygens (including phenoxy) is 1. The van der Waals surface area contributed by atoms with Crippen LogP contribution >= 0.6 is 0 Å². The zero-order chi connectivity index (χ0) is 19.3. The highest BCUT2D eigenvalue weighted by molar-refractivity contribution is 5.70. The first-order chi connectivity index (χ1) is 12.0. The molecule has 0 radical (unpaired) electrons. The summed E-state index contributed by atoms with van der Waals surface area (Å²) >= 11 is 0. The highest BCUT2D eigenvalue weighted by atomic mass is 19.4. The molecule has 0 amide bonds. The highest BCUT2D eigenvalue weighted by Gasteiger charge is 2.56. The van der Waals surface area contributed by atoms with Crippen LogP contribution in [-0.4, -0.2) is 29.4 Å². The van der Waals surface area contributed by atoms with E-state index in [1.807, 2.05) is 13.8 Å². The molecule has 1 aliphatic heterocycles. The Labute approximate surface area is 147 Å². The van der Waals surface area contributed by atoms with Crippen molar-refractivity contribution in [3.8, 4) is 17.0 Å². The van der Waals surface area contributed by atoms with Crippen LogP contribution in [0.15, 0.2) is 30.3 Å². The third-order valence-electron chi connectivity index (χ3n) is 4.59. The van der Waals surface area contributed by atoms with E-state index in [2.05, 4.69) is 4.98 Å². The van der Waals surface area contributed by atoms with Crippen molar-refractivity contribution in [2.45, 2.75) is 31.0 Å². The van der Waals surface area contributed by atoms with E-state index < -0.39 is 35.2 Å². The number of hydrogen-bond acceptors (Lipinski definition) is 4. The summed E-state index contributed by atoms with van der Waals surface area (Å²) in [6.07, 6.45) is -5.01. The fourth-order valence-corrected chi connectivity index (χ4v) is 2.89. The number of halogens is 4. The quantitative estimate of drug-likeness (QED) is 0.814. The van der Waals surface area contributed by atoms with Gasteiger partial charge in [-0.2, -0.15) is 13.2 Å². The van der Waals surface area contributed by atoms with Crippen LogP contribution in [0, 0.1) is 5.82 Å². The molecule has 0 aliphatic carbocycles. The number of alkyl halides is 3. The van der Waals surface area contributed by atoms with Gasteiger partial charge < -0.3 is 15.6 Å². The molecule has 8 heteroatoms. The smallest absolute Gasteiger partial charge is 0.424 e. The summed E-state index contributed by atoms with van der Waals surface area (Å²) in [5.41, 5.74) is 1.74. The number of aromatic nitrogens is 1. The van der Waals surface area contributed by atoms with Gasteiger partial charge in [-0.25, -0.2) is 9.37 Å². The van der Waals surface area contributed by atoms with Crippen molar-refractivity contribution >= 4 is 0 Å². The fourth-order valence-electron chi connectivity index (χ4n) is 2.89. The normalized spacial score (nSPS) is 18.2. The van der Waals surface area contributed by atoms with Crippen molar-refractivity contribution in [3.05, 3.63) is 47.4 Å². The molecule has 1 unspecified atom stereocenters. The molecule has 1 aromatic carbocycles. The van der Waals surface area contributed by atoms with E-state index in [4.69, 9.17) is 10.5 Å². The van der Waals surface area contributed by atoms with Gasteiger partial charge in [-0.3, -0.25) is 0 Å². The van der Waals surface area contributed by atoms with Crippen LogP contribution in [0.25, 0.3) is 11.3 Å². The molecule has 0 spiro atoms. The standard InChI is InChI=1S/C18H18F4N2O2/c1-16(2)9-26-15-12(16)7-13(17(25,8-23)18(20,21)22)24-14(15)10-3-5-11(19)6-4-10/h3-7,25H,8-9,23H2,1-2H3. The molecule has 3 rings (SSSR count). The summed E-state index contributed by atoms with van der Waals surface area (Å²) in [5.74, 6) is -0.163. The molecule has 0 saturated carbocycles. The van der Waals surface area contributed by atoms with Crippen molar-refractivity contribution in [1.82, 2.24) is 4.98 Å². The average molecular weight is 370 g/mol. The number of hydrogen-bond donors (Lipinski definition) is 2. The van der Waals surface area contributed by atoms with Crippen LogP contribution in [0.2, 0.25) is 0 Å². The number of pyridine rings is 1. The van der Waals surface area contributed by atoms with Crippen LogP contribution in [-0.2, 0) is 11.0 Å². The number of fused-ring (bicyclic) bond motifs is 1.